The number of rotatable bonds is 5. The molecule has 0 fully saturated rings. The first-order chi connectivity index (χ1) is 8.06. The molecule has 0 aliphatic rings. The summed E-state index contributed by atoms with van der Waals surface area (Å²) in [5.74, 6) is 0.782. The fourth-order valence-corrected chi connectivity index (χ4v) is 1.64. The Balaban J connectivity index is 2.75. The Morgan fingerprint density at radius 3 is 2.76 bits per heavy atom. The Morgan fingerprint density at radius 1 is 1.53 bits per heavy atom. The number of methoxy groups -OCH3 is 1. The molecular weight excluding hydrogens is 216 g/mol. The SMILES string of the molecule is CCc1cc(NC(=O)CC(C)N)ccc1OC. The average molecular weight is 236 g/mol. The molecule has 3 N–H and O–H groups in total. The van der Waals surface area contributed by atoms with E-state index in [1.165, 1.54) is 0 Å². The first-order valence-corrected chi connectivity index (χ1v) is 5.79. The number of amides is 1. The predicted molar refractivity (Wildman–Crippen MR) is 69.3 cm³/mol. The normalized spacial score (nSPS) is 12.0. The van der Waals surface area contributed by atoms with Crippen LogP contribution in [0.25, 0.3) is 0 Å². The van der Waals surface area contributed by atoms with Crippen LogP contribution in [0, 0.1) is 0 Å². The highest BCUT2D eigenvalue weighted by Crippen LogP contribution is 2.23. The van der Waals surface area contributed by atoms with Gasteiger partial charge in [0.05, 0.1) is 7.11 Å². The number of aryl methyl sites for hydroxylation is 1. The van der Waals surface area contributed by atoms with Gasteiger partial charge in [0.15, 0.2) is 0 Å². The number of ether oxygens (including phenoxy) is 1. The Kier molecular flexibility index (Phi) is 4.97. The zero-order valence-electron chi connectivity index (χ0n) is 10.6. The van der Waals surface area contributed by atoms with E-state index in [1.54, 1.807) is 7.11 Å². The van der Waals surface area contributed by atoms with E-state index in [0.29, 0.717) is 6.42 Å². The predicted octanol–water partition coefficient (Wildman–Crippen LogP) is 1.93. The minimum Gasteiger partial charge on any atom is -0.496 e. The third-order valence-corrected chi connectivity index (χ3v) is 2.45. The smallest absolute Gasteiger partial charge is 0.225 e. The molecule has 4 nitrogen and oxygen atoms in total. The zero-order chi connectivity index (χ0) is 12.8. The van der Waals surface area contributed by atoms with E-state index in [4.69, 9.17) is 10.5 Å². The number of anilines is 1. The Morgan fingerprint density at radius 2 is 2.24 bits per heavy atom. The van der Waals surface area contributed by atoms with Gasteiger partial charge in [-0.25, -0.2) is 0 Å². The molecule has 0 aliphatic heterocycles. The van der Waals surface area contributed by atoms with Gasteiger partial charge in [-0.05, 0) is 37.1 Å². The lowest BCUT2D eigenvalue weighted by atomic mass is 10.1. The zero-order valence-corrected chi connectivity index (χ0v) is 10.6. The number of hydrogen-bond acceptors (Lipinski definition) is 3. The van der Waals surface area contributed by atoms with E-state index in [-0.39, 0.29) is 11.9 Å². The van der Waals surface area contributed by atoms with Crippen LogP contribution in [-0.4, -0.2) is 19.1 Å². The minimum absolute atomic E-state index is 0.0628. The van der Waals surface area contributed by atoms with Gasteiger partial charge in [-0.15, -0.1) is 0 Å². The van der Waals surface area contributed by atoms with Crippen LogP contribution in [0.1, 0.15) is 25.8 Å². The van der Waals surface area contributed by atoms with E-state index in [2.05, 4.69) is 5.32 Å². The van der Waals surface area contributed by atoms with E-state index in [9.17, 15) is 4.79 Å². The summed E-state index contributed by atoms with van der Waals surface area (Å²) in [4.78, 5) is 11.6. The van der Waals surface area contributed by atoms with Crippen molar-refractivity contribution in [1.82, 2.24) is 0 Å². The largest absolute Gasteiger partial charge is 0.496 e. The standard InChI is InChI=1S/C13H20N2O2/c1-4-10-8-11(5-6-12(10)17-3)15-13(16)7-9(2)14/h5-6,8-9H,4,7,14H2,1-3H3,(H,15,16). The maximum atomic E-state index is 11.6. The first-order valence-electron chi connectivity index (χ1n) is 5.79. The molecule has 1 aromatic rings. The average Bonchev–Trinajstić information content (AvgIpc) is 2.27. The quantitative estimate of drug-likeness (QED) is 0.821. The van der Waals surface area contributed by atoms with Crippen molar-refractivity contribution in [2.75, 3.05) is 12.4 Å². The van der Waals surface area contributed by atoms with Crippen molar-refractivity contribution in [3.63, 3.8) is 0 Å². The van der Waals surface area contributed by atoms with E-state index in [0.717, 1.165) is 23.4 Å². The molecule has 4 heteroatoms. The lowest BCUT2D eigenvalue weighted by Gasteiger charge is -2.11. The highest BCUT2D eigenvalue weighted by molar-refractivity contribution is 5.91. The van der Waals surface area contributed by atoms with Crippen LogP contribution in [0.15, 0.2) is 18.2 Å². The van der Waals surface area contributed by atoms with Crippen molar-refractivity contribution in [3.8, 4) is 5.75 Å². The second kappa shape index (κ2) is 6.25. The Bertz CT molecular complexity index is 389. The second-order valence-corrected chi connectivity index (χ2v) is 4.11. The number of hydrogen-bond donors (Lipinski definition) is 2. The van der Waals surface area contributed by atoms with Crippen LogP contribution in [0.5, 0.6) is 5.75 Å². The third-order valence-electron chi connectivity index (χ3n) is 2.45. The molecule has 0 radical (unpaired) electrons. The van der Waals surface area contributed by atoms with Crippen LogP contribution < -0.4 is 15.8 Å². The van der Waals surface area contributed by atoms with Crippen molar-refractivity contribution in [1.29, 1.82) is 0 Å². The van der Waals surface area contributed by atoms with E-state index >= 15 is 0 Å². The van der Waals surface area contributed by atoms with Crippen LogP contribution in [0.2, 0.25) is 0 Å². The summed E-state index contributed by atoms with van der Waals surface area (Å²) in [5.41, 5.74) is 7.43. The molecule has 94 valence electrons. The maximum absolute atomic E-state index is 11.6. The molecule has 0 spiro atoms. The van der Waals surface area contributed by atoms with Gasteiger partial charge in [0, 0.05) is 18.2 Å². The molecule has 1 unspecified atom stereocenters. The summed E-state index contributed by atoms with van der Waals surface area (Å²) >= 11 is 0. The molecule has 1 atom stereocenters. The summed E-state index contributed by atoms with van der Waals surface area (Å²) < 4.78 is 5.23. The van der Waals surface area contributed by atoms with Gasteiger partial charge in [0.25, 0.3) is 0 Å². The van der Waals surface area contributed by atoms with Crippen molar-refractivity contribution in [3.05, 3.63) is 23.8 Å². The summed E-state index contributed by atoms with van der Waals surface area (Å²) in [6.45, 7) is 3.86. The van der Waals surface area contributed by atoms with Gasteiger partial charge < -0.3 is 15.8 Å². The second-order valence-electron chi connectivity index (χ2n) is 4.11. The molecule has 0 saturated carbocycles. The number of nitrogens with one attached hydrogen (secondary N) is 1. The molecule has 1 rings (SSSR count). The Labute approximate surface area is 102 Å². The fourth-order valence-electron chi connectivity index (χ4n) is 1.64. The van der Waals surface area contributed by atoms with Crippen molar-refractivity contribution >= 4 is 11.6 Å². The van der Waals surface area contributed by atoms with E-state index in [1.807, 2.05) is 32.0 Å². The van der Waals surface area contributed by atoms with Crippen LogP contribution in [0.3, 0.4) is 0 Å². The van der Waals surface area contributed by atoms with Crippen LogP contribution >= 0.6 is 0 Å². The van der Waals surface area contributed by atoms with Gasteiger partial charge >= 0.3 is 0 Å². The van der Waals surface area contributed by atoms with Crippen molar-refractivity contribution in [2.24, 2.45) is 5.73 Å². The summed E-state index contributed by atoms with van der Waals surface area (Å²) in [6.07, 6.45) is 1.19. The van der Waals surface area contributed by atoms with Crippen molar-refractivity contribution < 1.29 is 9.53 Å². The topological polar surface area (TPSA) is 64.4 Å². The molecular formula is C13H20N2O2. The molecule has 0 heterocycles. The number of benzene rings is 1. The monoisotopic (exact) mass is 236 g/mol. The third kappa shape index (κ3) is 4.07. The van der Waals surface area contributed by atoms with Gasteiger partial charge in [-0.1, -0.05) is 6.92 Å². The van der Waals surface area contributed by atoms with Gasteiger partial charge in [-0.3, -0.25) is 4.79 Å². The first kappa shape index (κ1) is 13.5. The Hall–Kier alpha value is -1.55. The maximum Gasteiger partial charge on any atom is 0.225 e. The number of nitrogens with two attached hydrogens (primary N) is 1. The molecule has 17 heavy (non-hydrogen) atoms. The molecule has 1 aromatic carbocycles. The van der Waals surface area contributed by atoms with Gasteiger partial charge in [-0.2, -0.15) is 0 Å². The molecule has 0 aliphatic carbocycles. The van der Waals surface area contributed by atoms with Crippen LogP contribution in [0.4, 0.5) is 5.69 Å². The van der Waals surface area contributed by atoms with E-state index < -0.39 is 0 Å². The molecule has 0 aromatic heterocycles. The van der Waals surface area contributed by atoms with Gasteiger partial charge in [0.2, 0.25) is 5.91 Å². The lowest BCUT2D eigenvalue weighted by molar-refractivity contribution is -0.116. The molecule has 0 bridgehead atoms. The summed E-state index contributed by atoms with van der Waals surface area (Å²) in [5, 5.41) is 2.82. The van der Waals surface area contributed by atoms with Gasteiger partial charge in [0.1, 0.15) is 5.75 Å². The molecule has 0 saturated heterocycles. The van der Waals surface area contributed by atoms with Crippen LogP contribution in [-0.2, 0) is 11.2 Å². The highest BCUT2D eigenvalue weighted by Gasteiger charge is 2.07. The number of carbonyl (C=O) groups excluding carboxylic acids is 1. The lowest BCUT2D eigenvalue weighted by Crippen LogP contribution is -2.24. The fraction of sp³-hybridized carbons (Fsp3) is 0.462. The number of carbonyl (C=O) groups is 1. The summed E-state index contributed by atoms with van der Waals surface area (Å²) in [6, 6.07) is 5.49. The highest BCUT2D eigenvalue weighted by atomic mass is 16.5. The summed E-state index contributed by atoms with van der Waals surface area (Å²) in [7, 11) is 1.64. The van der Waals surface area contributed by atoms with Crippen molar-refractivity contribution in [2.45, 2.75) is 32.7 Å². The minimum atomic E-state index is -0.126. The molecule has 1 amide bonds.